The number of benzene rings is 1. The van der Waals surface area contributed by atoms with Gasteiger partial charge in [-0.15, -0.1) is 11.3 Å². The van der Waals surface area contributed by atoms with Crippen molar-refractivity contribution in [2.24, 2.45) is 11.8 Å². The number of rotatable bonds is 6. The van der Waals surface area contributed by atoms with Crippen LogP contribution in [0.15, 0.2) is 65.6 Å². The molecule has 0 N–H and O–H groups in total. The zero-order chi connectivity index (χ0) is 23.7. The quantitative estimate of drug-likeness (QED) is 0.486. The maximum Gasteiger partial charge on any atom is 0.282 e. The Morgan fingerprint density at radius 3 is 2.56 bits per heavy atom. The zero-order valence-corrected chi connectivity index (χ0v) is 19.7. The second-order valence-electron chi connectivity index (χ2n) is 8.70. The third-order valence-electron chi connectivity index (χ3n) is 6.71. The van der Waals surface area contributed by atoms with Gasteiger partial charge in [0.1, 0.15) is 5.52 Å². The van der Waals surface area contributed by atoms with Crippen LogP contribution in [-0.4, -0.2) is 57.8 Å². The van der Waals surface area contributed by atoms with E-state index in [4.69, 9.17) is 4.42 Å². The fraction of sp³-hybridized carbons (Fsp3) is 0.308. The van der Waals surface area contributed by atoms with E-state index in [2.05, 4.69) is 23.1 Å². The number of likely N-dealkylation sites (tertiary alicyclic amines) is 2. The normalized spacial score (nSPS) is 17.6. The van der Waals surface area contributed by atoms with Crippen molar-refractivity contribution in [1.29, 1.82) is 0 Å². The summed E-state index contributed by atoms with van der Waals surface area (Å²) in [5.74, 6) is 1.53. The Bertz CT molecular complexity index is 1260. The van der Waals surface area contributed by atoms with Crippen LogP contribution in [0.5, 0.6) is 0 Å². The molecule has 174 valence electrons. The first kappa shape index (κ1) is 22.3. The molecular formula is C26H26N4O3S. The van der Waals surface area contributed by atoms with Gasteiger partial charge in [-0.3, -0.25) is 9.59 Å². The minimum atomic E-state index is 0.0121. The third kappa shape index (κ3) is 4.21. The molecule has 0 unspecified atom stereocenters. The van der Waals surface area contributed by atoms with Crippen molar-refractivity contribution >= 4 is 39.8 Å². The monoisotopic (exact) mass is 474 g/mol. The molecule has 1 aromatic carbocycles. The van der Waals surface area contributed by atoms with E-state index < -0.39 is 0 Å². The van der Waals surface area contributed by atoms with Crippen molar-refractivity contribution in [3.05, 3.63) is 77.6 Å². The van der Waals surface area contributed by atoms with Crippen molar-refractivity contribution in [3.63, 3.8) is 0 Å². The zero-order valence-electron chi connectivity index (χ0n) is 18.9. The van der Waals surface area contributed by atoms with Gasteiger partial charge in [-0.1, -0.05) is 31.4 Å². The number of carbonyl (C=O) groups excluding carboxylic acids is 2. The third-order valence-corrected chi connectivity index (χ3v) is 7.47. The van der Waals surface area contributed by atoms with E-state index in [-0.39, 0.29) is 11.8 Å². The molecule has 0 atom stereocenters. The lowest BCUT2D eigenvalue weighted by Crippen LogP contribution is -2.54. The summed E-state index contributed by atoms with van der Waals surface area (Å²) in [7, 11) is 0. The van der Waals surface area contributed by atoms with Gasteiger partial charge in [-0.25, -0.2) is 9.97 Å². The van der Waals surface area contributed by atoms with Gasteiger partial charge in [0.15, 0.2) is 10.6 Å². The summed E-state index contributed by atoms with van der Waals surface area (Å²) in [6.45, 7) is 10.5. The summed E-state index contributed by atoms with van der Waals surface area (Å²) in [6, 6.07) is 5.38. The minimum absolute atomic E-state index is 0.0121. The second kappa shape index (κ2) is 9.38. The number of piperidine rings is 1. The van der Waals surface area contributed by atoms with Gasteiger partial charge in [0.25, 0.3) is 11.8 Å². The van der Waals surface area contributed by atoms with Crippen LogP contribution in [0.2, 0.25) is 0 Å². The summed E-state index contributed by atoms with van der Waals surface area (Å²) < 4.78 is 5.86. The lowest BCUT2D eigenvalue weighted by Gasteiger charge is -2.46. The Hall–Kier alpha value is -3.52. The van der Waals surface area contributed by atoms with E-state index in [9.17, 15) is 9.59 Å². The lowest BCUT2D eigenvalue weighted by atomic mass is 9.79. The molecule has 2 aliphatic heterocycles. The van der Waals surface area contributed by atoms with Crippen molar-refractivity contribution in [1.82, 2.24) is 19.8 Å². The number of fused-ring (bicyclic) bond motifs is 1. The van der Waals surface area contributed by atoms with Gasteiger partial charge in [0.2, 0.25) is 5.89 Å². The molecule has 7 nitrogen and oxygen atoms in total. The van der Waals surface area contributed by atoms with E-state index in [1.807, 2.05) is 21.2 Å². The van der Waals surface area contributed by atoms with Gasteiger partial charge in [-0.2, -0.15) is 0 Å². The minimum Gasteiger partial charge on any atom is -0.436 e. The Balaban J connectivity index is 1.17. The van der Waals surface area contributed by atoms with Gasteiger partial charge >= 0.3 is 0 Å². The molecule has 8 heteroatoms. The van der Waals surface area contributed by atoms with E-state index in [0.29, 0.717) is 39.4 Å². The molecule has 3 aromatic rings. The molecule has 4 heterocycles. The first-order valence-corrected chi connectivity index (χ1v) is 12.3. The van der Waals surface area contributed by atoms with E-state index >= 15 is 0 Å². The molecule has 0 saturated carbocycles. The van der Waals surface area contributed by atoms with Crippen LogP contribution < -0.4 is 0 Å². The molecule has 0 radical (unpaired) electrons. The largest absolute Gasteiger partial charge is 0.436 e. The molecule has 0 bridgehead atoms. The highest BCUT2D eigenvalue weighted by atomic mass is 32.1. The fourth-order valence-corrected chi connectivity index (χ4v) is 5.33. The summed E-state index contributed by atoms with van der Waals surface area (Å²) in [5.41, 5.74) is 2.62. The van der Waals surface area contributed by atoms with Crippen LogP contribution in [0.3, 0.4) is 0 Å². The number of thiazole rings is 1. The molecule has 34 heavy (non-hydrogen) atoms. The maximum absolute atomic E-state index is 13.0. The summed E-state index contributed by atoms with van der Waals surface area (Å²) in [5, 5.41) is 2.39. The van der Waals surface area contributed by atoms with E-state index in [1.54, 1.807) is 36.6 Å². The van der Waals surface area contributed by atoms with E-state index in [1.165, 1.54) is 11.3 Å². The van der Waals surface area contributed by atoms with Crippen molar-refractivity contribution < 1.29 is 14.0 Å². The molecule has 0 aliphatic carbocycles. The number of amides is 2. The first-order valence-electron chi connectivity index (χ1n) is 11.4. The standard InChI is InChI=1S/C26H26N4O3S/c1-3-5-17(4-2)23-28-21-7-6-19(14-22(21)33-23)25(31)30-15-20(16-30)18-8-11-29(12-9-18)26(32)24-27-10-13-34-24/h3-7,10,13-14,18,20H,1-2,8-9,11-12,15-16H2. The summed E-state index contributed by atoms with van der Waals surface area (Å²) in [4.78, 5) is 37.9. The molecule has 2 amide bonds. The molecule has 2 saturated heterocycles. The Morgan fingerprint density at radius 1 is 1.09 bits per heavy atom. The Labute approximate surface area is 202 Å². The summed E-state index contributed by atoms with van der Waals surface area (Å²) in [6.07, 6.45) is 8.72. The molecular weight excluding hydrogens is 448 g/mol. The van der Waals surface area contributed by atoms with Crippen molar-refractivity contribution in [3.8, 4) is 0 Å². The number of nitrogens with zero attached hydrogens (tertiary/aromatic N) is 4. The highest BCUT2D eigenvalue weighted by Crippen LogP contribution is 2.33. The molecule has 2 aliphatic rings. The van der Waals surface area contributed by atoms with Gasteiger partial charge in [-0.05, 0) is 42.9 Å². The van der Waals surface area contributed by atoms with Crippen molar-refractivity contribution in [2.45, 2.75) is 12.8 Å². The number of carbonyl (C=O) groups is 2. The number of hydrogen-bond donors (Lipinski definition) is 0. The van der Waals surface area contributed by atoms with Crippen LogP contribution in [0.25, 0.3) is 16.7 Å². The van der Waals surface area contributed by atoms with E-state index in [0.717, 1.165) is 44.6 Å². The van der Waals surface area contributed by atoms with Crippen LogP contribution in [0.4, 0.5) is 0 Å². The van der Waals surface area contributed by atoms with Gasteiger partial charge in [0, 0.05) is 48.9 Å². The number of aromatic nitrogens is 2. The highest BCUT2D eigenvalue weighted by Gasteiger charge is 2.38. The van der Waals surface area contributed by atoms with Gasteiger partial charge < -0.3 is 14.2 Å². The molecule has 5 rings (SSSR count). The fourth-order valence-electron chi connectivity index (χ4n) is 4.73. The predicted molar refractivity (Wildman–Crippen MR) is 133 cm³/mol. The molecule has 2 fully saturated rings. The summed E-state index contributed by atoms with van der Waals surface area (Å²) >= 11 is 1.39. The van der Waals surface area contributed by atoms with Crippen LogP contribution >= 0.6 is 11.3 Å². The Kier molecular flexibility index (Phi) is 6.15. The predicted octanol–water partition coefficient (Wildman–Crippen LogP) is 4.66. The topological polar surface area (TPSA) is 79.5 Å². The number of allylic oxidation sites excluding steroid dienone is 4. The Morgan fingerprint density at radius 2 is 1.88 bits per heavy atom. The number of hydrogen-bond acceptors (Lipinski definition) is 6. The number of oxazole rings is 1. The van der Waals surface area contributed by atoms with Crippen LogP contribution in [0, 0.1) is 11.8 Å². The van der Waals surface area contributed by atoms with Crippen molar-refractivity contribution in [2.75, 3.05) is 26.2 Å². The molecule has 0 spiro atoms. The molecule has 2 aromatic heterocycles. The van der Waals surface area contributed by atoms with Crippen LogP contribution in [-0.2, 0) is 0 Å². The average Bonchev–Trinajstić information content (AvgIpc) is 3.51. The maximum atomic E-state index is 13.0. The SMILES string of the molecule is C=CC=C(C=C)c1nc2ccc(C(=O)N3CC(C4CCN(C(=O)c5nccs5)CC4)C3)cc2o1. The average molecular weight is 475 g/mol. The lowest BCUT2D eigenvalue weighted by molar-refractivity contribution is 0.0228. The second-order valence-corrected chi connectivity index (χ2v) is 9.60. The van der Waals surface area contributed by atoms with Gasteiger partial charge in [0.05, 0.1) is 0 Å². The first-order chi connectivity index (χ1) is 16.6. The highest BCUT2D eigenvalue weighted by molar-refractivity contribution is 7.11. The smallest absolute Gasteiger partial charge is 0.282 e. The van der Waals surface area contributed by atoms with Crippen LogP contribution in [0.1, 0.15) is 38.9 Å².